The van der Waals surface area contributed by atoms with Crippen LogP contribution in [0.4, 0.5) is 0 Å². The molecule has 4 aromatic rings. The van der Waals surface area contributed by atoms with Crippen LogP contribution in [-0.4, -0.2) is 34.1 Å². The molecule has 0 aliphatic heterocycles. The van der Waals surface area contributed by atoms with Crippen LogP contribution in [0.1, 0.15) is 46.6 Å². The number of carboxylic acid groups (broad SMARTS) is 1. The third-order valence-electron chi connectivity index (χ3n) is 6.34. The number of halogens is 1. The second-order valence-electron chi connectivity index (χ2n) is 9.19. The van der Waals surface area contributed by atoms with Crippen LogP contribution in [0.5, 0.6) is 5.75 Å². The number of aromatic nitrogens is 1. The highest BCUT2D eigenvalue weighted by molar-refractivity contribution is 6.31. The van der Waals surface area contributed by atoms with Crippen LogP contribution in [-0.2, 0) is 22.7 Å². The van der Waals surface area contributed by atoms with Crippen LogP contribution in [0.2, 0.25) is 5.02 Å². The third-order valence-corrected chi connectivity index (χ3v) is 6.58. The van der Waals surface area contributed by atoms with Crippen LogP contribution in [0.3, 0.4) is 0 Å². The normalized spacial score (nSPS) is 11.6. The molecule has 4 rings (SSSR count). The SMILES string of the molecule is COc1ccc(C(=O)c2c(C)n(Cc3ccc(COC(C)(C)C(=O)O)cc3)c3cc(Cl)ccc23)cc1. The van der Waals surface area contributed by atoms with Crippen LogP contribution in [0.25, 0.3) is 10.9 Å². The smallest absolute Gasteiger partial charge is 0.335 e. The standard InChI is InChI=1S/C29H28ClNO5/c1-18-26(27(32)21-9-12-23(35-4)13-10-21)24-14-11-22(30)15-25(24)31(18)16-19-5-7-20(8-6-19)17-36-29(2,3)28(33)34/h5-15H,16-17H2,1-4H3,(H,33,34). The van der Waals surface area contributed by atoms with Crippen molar-refractivity contribution in [2.24, 2.45) is 0 Å². The third kappa shape index (κ3) is 5.15. The molecule has 0 aliphatic rings. The van der Waals surface area contributed by atoms with Gasteiger partial charge in [-0.3, -0.25) is 4.79 Å². The molecule has 0 bridgehead atoms. The predicted octanol–water partition coefficient (Wildman–Crippen LogP) is 6.27. The van der Waals surface area contributed by atoms with Gasteiger partial charge in [-0.05, 0) is 68.3 Å². The maximum Gasteiger partial charge on any atom is 0.335 e. The zero-order valence-corrected chi connectivity index (χ0v) is 21.4. The molecule has 7 heteroatoms. The maximum absolute atomic E-state index is 13.5. The van der Waals surface area contributed by atoms with Crippen molar-refractivity contribution in [1.82, 2.24) is 4.57 Å². The van der Waals surface area contributed by atoms with Gasteiger partial charge in [0, 0.05) is 28.2 Å². The van der Waals surface area contributed by atoms with Gasteiger partial charge in [-0.15, -0.1) is 0 Å². The van der Waals surface area contributed by atoms with Crippen LogP contribution < -0.4 is 4.74 Å². The van der Waals surface area contributed by atoms with Crippen LogP contribution in [0.15, 0.2) is 66.7 Å². The summed E-state index contributed by atoms with van der Waals surface area (Å²) in [6.07, 6.45) is 0. The lowest BCUT2D eigenvalue weighted by molar-refractivity contribution is -0.162. The summed E-state index contributed by atoms with van der Waals surface area (Å²) in [4.78, 5) is 24.8. The molecule has 1 aromatic heterocycles. The van der Waals surface area contributed by atoms with E-state index in [1.165, 1.54) is 13.8 Å². The van der Waals surface area contributed by atoms with E-state index in [4.69, 9.17) is 21.1 Å². The first-order chi connectivity index (χ1) is 17.1. The van der Waals surface area contributed by atoms with E-state index in [0.717, 1.165) is 27.7 Å². The van der Waals surface area contributed by atoms with Crippen molar-refractivity contribution in [1.29, 1.82) is 0 Å². The second kappa shape index (κ2) is 10.2. The minimum absolute atomic E-state index is 0.0604. The fourth-order valence-corrected chi connectivity index (χ4v) is 4.24. The van der Waals surface area contributed by atoms with E-state index in [9.17, 15) is 14.7 Å². The fourth-order valence-electron chi connectivity index (χ4n) is 4.08. The van der Waals surface area contributed by atoms with Gasteiger partial charge in [-0.25, -0.2) is 4.79 Å². The molecule has 0 fully saturated rings. The highest BCUT2D eigenvalue weighted by Gasteiger charge is 2.27. The highest BCUT2D eigenvalue weighted by atomic mass is 35.5. The summed E-state index contributed by atoms with van der Waals surface area (Å²) < 4.78 is 12.9. The van der Waals surface area contributed by atoms with Gasteiger partial charge in [-0.1, -0.05) is 41.9 Å². The van der Waals surface area contributed by atoms with Gasteiger partial charge < -0.3 is 19.1 Å². The van der Waals surface area contributed by atoms with Crippen molar-refractivity contribution in [3.8, 4) is 5.75 Å². The molecule has 0 amide bonds. The highest BCUT2D eigenvalue weighted by Crippen LogP contribution is 2.31. The first kappa shape index (κ1) is 25.5. The molecular weight excluding hydrogens is 478 g/mol. The molecule has 6 nitrogen and oxygen atoms in total. The number of carbonyl (C=O) groups is 2. The summed E-state index contributed by atoms with van der Waals surface area (Å²) in [6.45, 7) is 5.74. The Labute approximate surface area is 215 Å². The predicted molar refractivity (Wildman–Crippen MR) is 140 cm³/mol. The number of fused-ring (bicyclic) bond motifs is 1. The number of rotatable bonds is 9. The van der Waals surface area contributed by atoms with Gasteiger partial charge in [0.1, 0.15) is 5.75 Å². The fraction of sp³-hybridized carbons (Fsp3) is 0.241. The summed E-state index contributed by atoms with van der Waals surface area (Å²) in [5.74, 6) is -0.375. The lowest BCUT2D eigenvalue weighted by atomic mass is 10.0. The largest absolute Gasteiger partial charge is 0.497 e. The Kier molecular flexibility index (Phi) is 7.20. The van der Waals surface area contributed by atoms with E-state index in [1.54, 1.807) is 37.4 Å². The number of aliphatic carboxylic acids is 1. The molecule has 0 radical (unpaired) electrons. The number of benzene rings is 3. The molecule has 1 N–H and O–H groups in total. The molecule has 0 atom stereocenters. The lowest BCUT2D eigenvalue weighted by Gasteiger charge is -2.20. The van der Waals surface area contributed by atoms with Crippen LogP contribution in [0, 0.1) is 6.92 Å². The second-order valence-corrected chi connectivity index (χ2v) is 9.62. The summed E-state index contributed by atoms with van der Waals surface area (Å²) >= 11 is 6.33. The molecule has 0 unspecified atom stereocenters. The molecule has 0 saturated heterocycles. The number of ether oxygens (including phenoxy) is 2. The van der Waals surface area contributed by atoms with Crippen molar-refractivity contribution >= 4 is 34.3 Å². The van der Waals surface area contributed by atoms with E-state index < -0.39 is 11.6 Å². The molecule has 3 aromatic carbocycles. The number of carboxylic acids is 1. The van der Waals surface area contributed by atoms with Crippen molar-refractivity contribution in [2.75, 3.05) is 7.11 Å². The van der Waals surface area contributed by atoms with Crippen molar-refractivity contribution in [3.63, 3.8) is 0 Å². The van der Waals surface area contributed by atoms with Gasteiger partial charge in [-0.2, -0.15) is 0 Å². The minimum Gasteiger partial charge on any atom is -0.497 e. The number of hydrogen-bond donors (Lipinski definition) is 1. The quantitative estimate of drug-likeness (QED) is 0.271. The summed E-state index contributed by atoms with van der Waals surface area (Å²) in [6, 6.07) is 20.5. The zero-order valence-electron chi connectivity index (χ0n) is 20.7. The summed E-state index contributed by atoms with van der Waals surface area (Å²) in [5.41, 5.74) is 3.61. The zero-order chi connectivity index (χ0) is 26.0. The van der Waals surface area contributed by atoms with E-state index in [-0.39, 0.29) is 12.4 Å². The average Bonchev–Trinajstić information content (AvgIpc) is 3.13. The number of hydrogen-bond acceptors (Lipinski definition) is 4. The molecule has 36 heavy (non-hydrogen) atoms. The minimum atomic E-state index is -1.26. The topological polar surface area (TPSA) is 77.8 Å². The Balaban J connectivity index is 1.65. The number of ketones is 1. The molecule has 1 heterocycles. The summed E-state index contributed by atoms with van der Waals surface area (Å²) in [7, 11) is 1.59. The number of carbonyl (C=O) groups excluding carboxylic acids is 1. The summed E-state index contributed by atoms with van der Waals surface area (Å²) in [5, 5.41) is 10.7. The van der Waals surface area contributed by atoms with E-state index in [0.29, 0.717) is 28.4 Å². The van der Waals surface area contributed by atoms with E-state index in [2.05, 4.69) is 4.57 Å². The Morgan fingerprint density at radius 3 is 2.22 bits per heavy atom. The first-order valence-corrected chi connectivity index (χ1v) is 11.9. The van der Waals surface area contributed by atoms with Crippen molar-refractivity contribution < 1.29 is 24.2 Å². The van der Waals surface area contributed by atoms with E-state index >= 15 is 0 Å². The van der Waals surface area contributed by atoms with E-state index in [1.807, 2.05) is 43.3 Å². The molecule has 186 valence electrons. The molecule has 0 spiro atoms. The number of nitrogens with zero attached hydrogens (tertiary/aromatic N) is 1. The Bertz CT molecular complexity index is 1420. The number of methoxy groups -OCH3 is 1. The monoisotopic (exact) mass is 505 g/mol. The Hall–Kier alpha value is -3.61. The molecular formula is C29H28ClNO5. The van der Waals surface area contributed by atoms with Gasteiger partial charge in [0.15, 0.2) is 11.4 Å². The Morgan fingerprint density at radius 1 is 0.972 bits per heavy atom. The van der Waals surface area contributed by atoms with Gasteiger partial charge in [0.25, 0.3) is 0 Å². The van der Waals surface area contributed by atoms with Gasteiger partial charge in [0.05, 0.1) is 24.8 Å². The van der Waals surface area contributed by atoms with Gasteiger partial charge >= 0.3 is 5.97 Å². The van der Waals surface area contributed by atoms with Crippen LogP contribution >= 0.6 is 11.6 Å². The van der Waals surface area contributed by atoms with Gasteiger partial charge in [0.2, 0.25) is 0 Å². The van der Waals surface area contributed by atoms with Crippen molar-refractivity contribution in [2.45, 2.75) is 39.5 Å². The molecule has 0 aliphatic carbocycles. The molecule has 0 saturated carbocycles. The first-order valence-electron chi connectivity index (χ1n) is 11.5. The maximum atomic E-state index is 13.5. The Morgan fingerprint density at radius 2 is 1.61 bits per heavy atom. The van der Waals surface area contributed by atoms with Crippen molar-refractivity contribution in [3.05, 3.63) is 99.7 Å². The average molecular weight is 506 g/mol. The lowest BCUT2D eigenvalue weighted by Crippen LogP contribution is -2.34.